The number of amides is 1. The van der Waals surface area contributed by atoms with Gasteiger partial charge in [0.15, 0.2) is 0 Å². The SMILES string of the molecule is O=C(CCSc1ccccc1Cl)N1CCOC(c2ccccc2)C1. The molecule has 0 spiro atoms. The highest BCUT2D eigenvalue weighted by atomic mass is 35.5. The van der Waals surface area contributed by atoms with Crippen LogP contribution in [-0.4, -0.2) is 36.3 Å². The van der Waals surface area contributed by atoms with Gasteiger partial charge < -0.3 is 9.64 Å². The van der Waals surface area contributed by atoms with Gasteiger partial charge in [-0.15, -0.1) is 11.8 Å². The zero-order chi connectivity index (χ0) is 16.8. The van der Waals surface area contributed by atoms with Crippen LogP contribution in [-0.2, 0) is 9.53 Å². The van der Waals surface area contributed by atoms with Gasteiger partial charge in [0.25, 0.3) is 0 Å². The van der Waals surface area contributed by atoms with Gasteiger partial charge in [-0.05, 0) is 17.7 Å². The van der Waals surface area contributed by atoms with Crippen LogP contribution in [0.3, 0.4) is 0 Å². The zero-order valence-electron chi connectivity index (χ0n) is 13.4. The van der Waals surface area contributed by atoms with E-state index in [9.17, 15) is 4.79 Å². The van der Waals surface area contributed by atoms with Crippen molar-refractivity contribution in [2.45, 2.75) is 17.4 Å². The van der Waals surface area contributed by atoms with Gasteiger partial charge in [-0.2, -0.15) is 0 Å². The third kappa shape index (κ3) is 4.53. The molecule has 5 heteroatoms. The highest BCUT2D eigenvalue weighted by Crippen LogP contribution is 2.27. The lowest BCUT2D eigenvalue weighted by Gasteiger charge is -2.33. The molecular weight excluding hydrogens is 342 g/mol. The van der Waals surface area contributed by atoms with E-state index in [2.05, 4.69) is 0 Å². The van der Waals surface area contributed by atoms with Gasteiger partial charge in [0, 0.05) is 23.6 Å². The lowest BCUT2D eigenvalue weighted by molar-refractivity contribution is -0.138. The molecule has 2 aromatic rings. The molecule has 0 N–H and O–H groups in total. The molecule has 1 aliphatic rings. The van der Waals surface area contributed by atoms with E-state index >= 15 is 0 Å². The molecule has 126 valence electrons. The third-order valence-corrected chi connectivity index (χ3v) is 5.52. The molecule has 1 amide bonds. The molecule has 3 rings (SSSR count). The van der Waals surface area contributed by atoms with Crippen molar-refractivity contribution in [1.29, 1.82) is 0 Å². The van der Waals surface area contributed by atoms with E-state index in [-0.39, 0.29) is 12.0 Å². The van der Waals surface area contributed by atoms with E-state index < -0.39 is 0 Å². The van der Waals surface area contributed by atoms with Crippen LogP contribution in [0.1, 0.15) is 18.1 Å². The van der Waals surface area contributed by atoms with E-state index in [1.54, 1.807) is 11.8 Å². The summed E-state index contributed by atoms with van der Waals surface area (Å²) in [6.07, 6.45) is 0.484. The minimum atomic E-state index is -0.0277. The molecule has 24 heavy (non-hydrogen) atoms. The molecule has 0 aromatic heterocycles. The maximum atomic E-state index is 12.5. The van der Waals surface area contributed by atoms with Crippen molar-refractivity contribution < 1.29 is 9.53 Å². The molecule has 3 nitrogen and oxygen atoms in total. The van der Waals surface area contributed by atoms with Crippen LogP contribution in [0.2, 0.25) is 5.02 Å². The number of benzene rings is 2. The second-order valence-corrected chi connectivity index (χ2v) is 7.18. The number of rotatable bonds is 5. The molecule has 0 saturated carbocycles. The molecule has 1 unspecified atom stereocenters. The molecule has 1 saturated heterocycles. The van der Waals surface area contributed by atoms with Gasteiger partial charge in [0.2, 0.25) is 5.91 Å². The quantitative estimate of drug-likeness (QED) is 0.738. The van der Waals surface area contributed by atoms with Gasteiger partial charge in [0.05, 0.1) is 18.2 Å². The van der Waals surface area contributed by atoms with Crippen molar-refractivity contribution in [2.75, 3.05) is 25.4 Å². The number of hydrogen-bond acceptors (Lipinski definition) is 3. The van der Waals surface area contributed by atoms with Crippen LogP contribution >= 0.6 is 23.4 Å². The Morgan fingerprint density at radius 3 is 2.71 bits per heavy atom. The lowest BCUT2D eigenvalue weighted by Crippen LogP contribution is -2.42. The number of carbonyl (C=O) groups is 1. The topological polar surface area (TPSA) is 29.5 Å². The molecule has 0 bridgehead atoms. The molecule has 0 aliphatic carbocycles. The van der Waals surface area contributed by atoms with Crippen LogP contribution in [0.5, 0.6) is 0 Å². The summed E-state index contributed by atoms with van der Waals surface area (Å²) in [6.45, 7) is 1.88. The standard InChI is InChI=1S/C19H20ClNO2S/c20-16-8-4-5-9-18(16)24-13-10-19(22)21-11-12-23-17(14-21)15-6-2-1-3-7-15/h1-9,17H,10-14H2. The second kappa shape index (κ2) is 8.56. The Hall–Kier alpha value is -1.49. The van der Waals surface area contributed by atoms with E-state index in [1.807, 2.05) is 59.5 Å². The number of hydrogen-bond donors (Lipinski definition) is 0. The Bertz CT molecular complexity index is 680. The Morgan fingerprint density at radius 1 is 1.17 bits per heavy atom. The van der Waals surface area contributed by atoms with Crippen LogP contribution in [0.4, 0.5) is 0 Å². The summed E-state index contributed by atoms with van der Waals surface area (Å²) in [5.74, 6) is 0.912. The zero-order valence-corrected chi connectivity index (χ0v) is 14.9. The minimum absolute atomic E-state index is 0.0277. The summed E-state index contributed by atoms with van der Waals surface area (Å²) in [6, 6.07) is 17.8. The van der Waals surface area contributed by atoms with Crippen LogP contribution in [0.15, 0.2) is 59.5 Å². The normalized spacial score (nSPS) is 17.7. The van der Waals surface area contributed by atoms with Crippen molar-refractivity contribution in [3.8, 4) is 0 Å². The number of thioether (sulfide) groups is 1. The number of ether oxygens (including phenoxy) is 1. The summed E-state index contributed by atoms with van der Waals surface area (Å²) < 4.78 is 5.82. The Kier molecular flexibility index (Phi) is 6.18. The van der Waals surface area contributed by atoms with E-state index in [4.69, 9.17) is 16.3 Å². The summed E-state index contributed by atoms with van der Waals surface area (Å²) >= 11 is 7.77. The summed E-state index contributed by atoms with van der Waals surface area (Å²) in [5.41, 5.74) is 1.13. The first-order valence-electron chi connectivity index (χ1n) is 8.05. The highest BCUT2D eigenvalue weighted by Gasteiger charge is 2.24. The van der Waals surface area contributed by atoms with Crippen molar-refractivity contribution in [3.05, 3.63) is 65.2 Å². The highest BCUT2D eigenvalue weighted by molar-refractivity contribution is 7.99. The van der Waals surface area contributed by atoms with E-state index in [0.717, 1.165) is 21.2 Å². The largest absolute Gasteiger partial charge is 0.370 e. The maximum absolute atomic E-state index is 12.5. The fourth-order valence-corrected chi connectivity index (χ4v) is 3.89. The lowest BCUT2D eigenvalue weighted by atomic mass is 10.1. The van der Waals surface area contributed by atoms with Crippen LogP contribution < -0.4 is 0 Å². The fourth-order valence-electron chi connectivity index (χ4n) is 2.71. The molecular formula is C19H20ClNO2S. The van der Waals surface area contributed by atoms with Crippen molar-refractivity contribution in [3.63, 3.8) is 0 Å². The van der Waals surface area contributed by atoms with Gasteiger partial charge in [-0.3, -0.25) is 4.79 Å². The van der Waals surface area contributed by atoms with Crippen molar-refractivity contribution in [2.24, 2.45) is 0 Å². The number of nitrogens with zero attached hydrogens (tertiary/aromatic N) is 1. The van der Waals surface area contributed by atoms with E-state index in [1.165, 1.54) is 0 Å². The maximum Gasteiger partial charge on any atom is 0.223 e. The minimum Gasteiger partial charge on any atom is -0.370 e. The Labute approximate surface area is 151 Å². The molecule has 1 fully saturated rings. The molecule has 1 heterocycles. The van der Waals surface area contributed by atoms with Crippen LogP contribution in [0.25, 0.3) is 0 Å². The Morgan fingerprint density at radius 2 is 1.92 bits per heavy atom. The number of morpholine rings is 1. The van der Waals surface area contributed by atoms with Crippen molar-refractivity contribution >= 4 is 29.3 Å². The van der Waals surface area contributed by atoms with Gasteiger partial charge >= 0.3 is 0 Å². The third-order valence-electron chi connectivity index (χ3n) is 4.00. The first-order chi connectivity index (χ1) is 11.7. The average molecular weight is 362 g/mol. The van der Waals surface area contributed by atoms with Crippen molar-refractivity contribution in [1.82, 2.24) is 4.90 Å². The molecule has 1 aliphatic heterocycles. The van der Waals surface area contributed by atoms with Crippen LogP contribution in [0, 0.1) is 0 Å². The average Bonchev–Trinajstić information content (AvgIpc) is 2.64. The smallest absolute Gasteiger partial charge is 0.223 e. The summed E-state index contributed by atoms with van der Waals surface area (Å²) in [4.78, 5) is 15.4. The number of halogens is 1. The molecule has 0 radical (unpaired) electrons. The van der Waals surface area contributed by atoms with Gasteiger partial charge in [-0.25, -0.2) is 0 Å². The first kappa shape index (κ1) is 17.3. The molecule has 2 aromatic carbocycles. The molecule has 1 atom stereocenters. The monoisotopic (exact) mass is 361 g/mol. The second-order valence-electron chi connectivity index (χ2n) is 5.64. The summed E-state index contributed by atoms with van der Waals surface area (Å²) in [7, 11) is 0. The predicted molar refractivity (Wildman–Crippen MR) is 98.5 cm³/mol. The Balaban J connectivity index is 1.50. The first-order valence-corrected chi connectivity index (χ1v) is 9.42. The number of carbonyl (C=O) groups excluding carboxylic acids is 1. The van der Waals surface area contributed by atoms with E-state index in [0.29, 0.717) is 26.1 Å². The fraction of sp³-hybridized carbons (Fsp3) is 0.316. The predicted octanol–water partition coefficient (Wildman–Crippen LogP) is 4.42. The summed E-state index contributed by atoms with van der Waals surface area (Å²) in [5, 5.41) is 0.741. The van der Waals surface area contributed by atoms with Gasteiger partial charge in [-0.1, -0.05) is 54.1 Å². The van der Waals surface area contributed by atoms with Gasteiger partial charge in [0.1, 0.15) is 6.10 Å².